The maximum Gasteiger partial charge on any atom is 0.127 e. The second-order valence-corrected chi connectivity index (χ2v) is 6.13. The van der Waals surface area contributed by atoms with Crippen molar-refractivity contribution >= 4 is 12.4 Å². The zero-order valence-corrected chi connectivity index (χ0v) is 12.7. The van der Waals surface area contributed by atoms with E-state index in [4.69, 9.17) is 4.74 Å². The molecule has 2 fully saturated rings. The molecule has 3 heteroatoms. The number of rotatable bonds is 4. The van der Waals surface area contributed by atoms with Crippen LogP contribution in [0.1, 0.15) is 12.0 Å². The summed E-state index contributed by atoms with van der Waals surface area (Å²) in [5, 5.41) is 3.51. The molecule has 110 valence electrons. The molecule has 1 aliphatic heterocycles. The Bertz CT molecular complexity index is 616. The molecule has 1 saturated carbocycles. The van der Waals surface area contributed by atoms with Crippen LogP contribution in [0.4, 0.5) is 0 Å². The lowest BCUT2D eigenvalue weighted by Crippen LogP contribution is -2.17. The average molecular weight is 302 g/mol. The lowest BCUT2D eigenvalue weighted by atomic mass is 9.95. The van der Waals surface area contributed by atoms with Gasteiger partial charge in [-0.15, -0.1) is 12.4 Å². The van der Waals surface area contributed by atoms with E-state index in [0.717, 1.165) is 17.4 Å². The van der Waals surface area contributed by atoms with Crippen LogP contribution in [0.25, 0.3) is 0 Å². The van der Waals surface area contributed by atoms with Crippen LogP contribution in [0.5, 0.6) is 11.5 Å². The molecule has 1 N–H and O–H groups in total. The first-order chi connectivity index (χ1) is 9.84. The standard InChI is InChI=1S/C18H19NO.ClH/c1-2-6-16(7-3-1)20-17-8-4-5-14(9-17)10-18-11-15(18)12-19-13-18;/h1-9,15,19H,10-13H2;1H. The minimum absolute atomic E-state index is 0. The number of halogens is 1. The quantitative estimate of drug-likeness (QED) is 0.920. The third-order valence-electron chi connectivity index (χ3n) is 4.66. The Morgan fingerprint density at radius 3 is 2.57 bits per heavy atom. The summed E-state index contributed by atoms with van der Waals surface area (Å²) in [6.45, 7) is 2.39. The fourth-order valence-corrected chi connectivity index (χ4v) is 3.46. The van der Waals surface area contributed by atoms with Crippen molar-refractivity contribution in [1.82, 2.24) is 5.32 Å². The monoisotopic (exact) mass is 301 g/mol. The molecule has 0 radical (unpaired) electrons. The molecule has 1 heterocycles. The first-order valence-corrected chi connectivity index (χ1v) is 7.37. The molecule has 2 aromatic rings. The van der Waals surface area contributed by atoms with Crippen LogP contribution in [0, 0.1) is 11.3 Å². The van der Waals surface area contributed by atoms with Crippen molar-refractivity contribution in [2.24, 2.45) is 11.3 Å². The Labute approximate surface area is 131 Å². The van der Waals surface area contributed by atoms with Crippen molar-refractivity contribution in [3.63, 3.8) is 0 Å². The van der Waals surface area contributed by atoms with Gasteiger partial charge in [-0.05, 0) is 60.5 Å². The van der Waals surface area contributed by atoms with Gasteiger partial charge in [0.25, 0.3) is 0 Å². The van der Waals surface area contributed by atoms with Gasteiger partial charge in [0.2, 0.25) is 0 Å². The van der Waals surface area contributed by atoms with E-state index in [1.165, 1.54) is 31.5 Å². The largest absolute Gasteiger partial charge is 0.457 e. The number of piperidine rings is 1. The maximum absolute atomic E-state index is 5.91. The highest BCUT2D eigenvalue weighted by molar-refractivity contribution is 5.85. The molecule has 2 aliphatic rings. The second kappa shape index (κ2) is 5.70. The molecule has 0 spiro atoms. The van der Waals surface area contributed by atoms with Crippen molar-refractivity contribution in [3.05, 3.63) is 60.2 Å². The van der Waals surface area contributed by atoms with Gasteiger partial charge >= 0.3 is 0 Å². The second-order valence-electron chi connectivity index (χ2n) is 6.13. The zero-order valence-electron chi connectivity index (χ0n) is 11.9. The van der Waals surface area contributed by atoms with E-state index in [2.05, 4.69) is 23.5 Å². The molecule has 0 amide bonds. The summed E-state index contributed by atoms with van der Waals surface area (Å²) >= 11 is 0. The minimum Gasteiger partial charge on any atom is -0.457 e. The first-order valence-electron chi connectivity index (χ1n) is 7.37. The van der Waals surface area contributed by atoms with Gasteiger partial charge in [0.05, 0.1) is 0 Å². The smallest absolute Gasteiger partial charge is 0.127 e. The number of benzene rings is 2. The van der Waals surface area contributed by atoms with Crippen LogP contribution in [0.3, 0.4) is 0 Å². The van der Waals surface area contributed by atoms with E-state index in [-0.39, 0.29) is 12.4 Å². The van der Waals surface area contributed by atoms with Crippen molar-refractivity contribution in [2.75, 3.05) is 13.1 Å². The number of hydrogen-bond acceptors (Lipinski definition) is 2. The molecule has 21 heavy (non-hydrogen) atoms. The summed E-state index contributed by atoms with van der Waals surface area (Å²) in [6, 6.07) is 18.5. The fraction of sp³-hybridized carbons (Fsp3) is 0.333. The zero-order chi connectivity index (χ0) is 13.4. The van der Waals surface area contributed by atoms with Gasteiger partial charge in [0.1, 0.15) is 11.5 Å². The Balaban J connectivity index is 0.00000132. The molecule has 2 unspecified atom stereocenters. The first kappa shape index (κ1) is 14.4. The third kappa shape index (κ3) is 2.92. The number of para-hydroxylation sites is 1. The van der Waals surface area contributed by atoms with Gasteiger partial charge < -0.3 is 10.1 Å². The van der Waals surface area contributed by atoms with Crippen molar-refractivity contribution in [1.29, 1.82) is 0 Å². The van der Waals surface area contributed by atoms with E-state index >= 15 is 0 Å². The summed E-state index contributed by atoms with van der Waals surface area (Å²) in [5.74, 6) is 2.74. The average Bonchev–Trinajstić information content (AvgIpc) is 3.00. The van der Waals surface area contributed by atoms with E-state index in [1.54, 1.807) is 0 Å². The molecule has 2 nitrogen and oxygen atoms in total. The van der Waals surface area contributed by atoms with Crippen LogP contribution in [-0.4, -0.2) is 13.1 Å². The number of fused-ring (bicyclic) bond motifs is 1. The molecule has 0 bridgehead atoms. The Hall–Kier alpha value is -1.51. The molecular formula is C18H20ClNO. The number of nitrogens with one attached hydrogen (secondary N) is 1. The van der Waals surface area contributed by atoms with Crippen LogP contribution < -0.4 is 10.1 Å². The highest BCUT2D eigenvalue weighted by Crippen LogP contribution is 2.56. The fourth-order valence-electron chi connectivity index (χ4n) is 3.46. The number of hydrogen-bond donors (Lipinski definition) is 1. The summed E-state index contributed by atoms with van der Waals surface area (Å²) in [4.78, 5) is 0. The van der Waals surface area contributed by atoms with Crippen LogP contribution in [-0.2, 0) is 6.42 Å². The molecule has 0 aromatic heterocycles. The van der Waals surface area contributed by atoms with Crippen molar-refractivity contribution < 1.29 is 4.74 Å². The molecule has 2 atom stereocenters. The van der Waals surface area contributed by atoms with Crippen LogP contribution >= 0.6 is 12.4 Å². The molecule has 1 aliphatic carbocycles. The molecule has 4 rings (SSSR count). The van der Waals surface area contributed by atoms with Gasteiger partial charge in [-0.25, -0.2) is 0 Å². The highest BCUT2D eigenvalue weighted by Gasteiger charge is 2.56. The lowest BCUT2D eigenvalue weighted by Gasteiger charge is -2.13. The van der Waals surface area contributed by atoms with Gasteiger partial charge in [-0.1, -0.05) is 30.3 Å². The predicted molar refractivity (Wildman–Crippen MR) is 87.3 cm³/mol. The summed E-state index contributed by atoms with van der Waals surface area (Å²) in [5.41, 5.74) is 1.94. The van der Waals surface area contributed by atoms with E-state index < -0.39 is 0 Å². The van der Waals surface area contributed by atoms with Gasteiger partial charge in [-0.2, -0.15) is 0 Å². The predicted octanol–water partition coefficient (Wildman–Crippen LogP) is 4.05. The number of ether oxygens (including phenoxy) is 1. The Morgan fingerprint density at radius 1 is 1.05 bits per heavy atom. The highest BCUT2D eigenvalue weighted by atomic mass is 35.5. The lowest BCUT2D eigenvalue weighted by molar-refractivity contribution is 0.478. The summed E-state index contributed by atoms with van der Waals surface area (Å²) in [6.07, 6.45) is 2.57. The SMILES string of the molecule is Cl.c1ccc(Oc2cccc(CC34CNCC3C4)c2)cc1. The third-order valence-corrected chi connectivity index (χ3v) is 4.66. The topological polar surface area (TPSA) is 21.3 Å². The molecule has 2 aromatic carbocycles. The van der Waals surface area contributed by atoms with E-state index in [9.17, 15) is 0 Å². The summed E-state index contributed by atoms with van der Waals surface area (Å²) in [7, 11) is 0. The van der Waals surface area contributed by atoms with Crippen molar-refractivity contribution in [2.45, 2.75) is 12.8 Å². The van der Waals surface area contributed by atoms with Gasteiger partial charge in [0, 0.05) is 6.54 Å². The Morgan fingerprint density at radius 2 is 1.86 bits per heavy atom. The normalized spacial score (nSPS) is 25.8. The molecular weight excluding hydrogens is 282 g/mol. The summed E-state index contributed by atoms with van der Waals surface area (Å²) < 4.78 is 5.91. The van der Waals surface area contributed by atoms with E-state index in [1.807, 2.05) is 36.4 Å². The maximum atomic E-state index is 5.91. The van der Waals surface area contributed by atoms with Gasteiger partial charge in [-0.3, -0.25) is 0 Å². The molecule has 1 saturated heterocycles. The Kier molecular flexibility index (Phi) is 3.92. The van der Waals surface area contributed by atoms with Crippen molar-refractivity contribution in [3.8, 4) is 11.5 Å². The minimum atomic E-state index is 0. The van der Waals surface area contributed by atoms with E-state index in [0.29, 0.717) is 5.41 Å². The van der Waals surface area contributed by atoms with Crippen LogP contribution in [0.2, 0.25) is 0 Å². The van der Waals surface area contributed by atoms with Gasteiger partial charge in [0.15, 0.2) is 0 Å². The van der Waals surface area contributed by atoms with Crippen LogP contribution in [0.15, 0.2) is 54.6 Å².